The van der Waals surface area contributed by atoms with Gasteiger partial charge in [-0.25, -0.2) is 0 Å². The highest BCUT2D eigenvalue weighted by Crippen LogP contribution is 2.18. The Balaban J connectivity index is 1.72. The predicted molar refractivity (Wildman–Crippen MR) is 90.8 cm³/mol. The second kappa shape index (κ2) is 10.1. The number of morpholine rings is 1. The molecule has 0 saturated carbocycles. The van der Waals surface area contributed by atoms with Gasteiger partial charge in [-0.2, -0.15) is 13.9 Å². The van der Waals surface area contributed by atoms with E-state index in [1.54, 1.807) is 18.2 Å². The fourth-order valence-electron chi connectivity index (χ4n) is 2.25. The molecular formula is C15H21F2N4O2S+. The number of alkyl halides is 2. The summed E-state index contributed by atoms with van der Waals surface area (Å²) in [7, 11) is 0. The number of ether oxygens (including phenoxy) is 2. The highest BCUT2D eigenvalue weighted by molar-refractivity contribution is 7.80. The van der Waals surface area contributed by atoms with Crippen molar-refractivity contribution in [2.45, 2.75) is 6.61 Å². The van der Waals surface area contributed by atoms with Gasteiger partial charge in [-0.1, -0.05) is 12.1 Å². The van der Waals surface area contributed by atoms with Gasteiger partial charge in [0.05, 0.1) is 32.5 Å². The van der Waals surface area contributed by atoms with Gasteiger partial charge in [-0.05, 0) is 24.4 Å². The maximum atomic E-state index is 12.3. The number of quaternary nitrogens is 1. The summed E-state index contributed by atoms with van der Waals surface area (Å²) in [6, 6.07) is 6.40. The van der Waals surface area contributed by atoms with Crippen LogP contribution in [0, 0.1) is 0 Å². The smallest absolute Gasteiger partial charge is 0.387 e. The number of nitrogens with zero attached hydrogens (tertiary/aromatic N) is 1. The second-order valence-corrected chi connectivity index (χ2v) is 5.56. The Bertz CT molecular complexity index is 554. The first-order chi connectivity index (χ1) is 11.6. The summed E-state index contributed by atoms with van der Waals surface area (Å²) in [5.41, 5.74) is 3.10. The van der Waals surface area contributed by atoms with Crippen LogP contribution in [0.25, 0.3) is 0 Å². The number of para-hydroxylation sites is 1. The molecule has 0 amide bonds. The Morgan fingerprint density at radius 3 is 2.88 bits per heavy atom. The van der Waals surface area contributed by atoms with Crippen molar-refractivity contribution >= 4 is 23.5 Å². The van der Waals surface area contributed by atoms with Gasteiger partial charge < -0.3 is 19.7 Å². The van der Waals surface area contributed by atoms with Gasteiger partial charge in [-0.15, -0.1) is 0 Å². The monoisotopic (exact) mass is 359 g/mol. The molecule has 3 N–H and O–H groups in total. The van der Waals surface area contributed by atoms with Gasteiger partial charge in [0.25, 0.3) is 0 Å². The van der Waals surface area contributed by atoms with E-state index in [1.165, 1.54) is 17.2 Å². The Kier molecular flexibility index (Phi) is 7.80. The van der Waals surface area contributed by atoms with E-state index in [0.717, 1.165) is 39.4 Å². The van der Waals surface area contributed by atoms with E-state index < -0.39 is 6.61 Å². The van der Waals surface area contributed by atoms with Crippen molar-refractivity contribution in [3.8, 4) is 5.75 Å². The Hall–Kier alpha value is -1.84. The van der Waals surface area contributed by atoms with Crippen LogP contribution in [0.5, 0.6) is 5.75 Å². The molecule has 0 radical (unpaired) electrons. The summed E-state index contributed by atoms with van der Waals surface area (Å²) >= 11 is 5.12. The van der Waals surface area contributed by atoms with Crippen molar-refractivity contribution in [2.75, 3.05) is 39.4 Å². The fourth-order valence-corrected chi connectivity index (χ4v) is 2.41. The SMILES string of the molecule is FC(F)Oc1ccccc1/C=N\NC(=S)NCC[NH+]1CCOCC1. The maximum absolute atomic E-state index is 12.3. The number of hydrogen-bond acceptors (Lipinski definition) is 4. The zero-order chi connectivity index (χ0) is 17.2. The topological polar surface area (TPSA) is 59.3 Å². The minimum Gasteiger partial charge on any atom is -0.434 e. The molecule has 1 aliphatic rings. The molecule has 0 aliphatic carbocycles. The van der Waals surface area contributed by atoms with E-state index in [2.05, 4.69) is 20.6 Å². The number of thiocarbonyl (C=S) groups is 1. The fraction of sp³-hybridized carbons (Fsp3) is 0.467. The summed E-state index contributed by atoms with van der Waals surface area (Å²) < 4.78 is 34.4. The molecule has 1 aromatic carbocycles. The average molecular weight is 359 g/mol. The molecule has 1 heterocycles. The van der Waals surface area contributed by atoms with E-state index in [4.69, 9.17) is 17.0 Å². The molecule has 2 rings (SSSR count). The molecule has 9 heteroatoms. The molecule has 0 atom stereocenters. The maximum Gasteiger partial charge on any atom is 0.387 e. The molecule has 0 unspecified atom stereocenters. The molecule has 0 bridgehead atoms. The highest BCUT2D eigenvalue weighted by Gasteiger charge is 2.12. The third kappa shape index (κ3) is 6.73. The van der Waals surface area contributed by atoms with Crippen LogP contribution in [0.3, 0.4) is 0 Å². The summed E-state index contributed by atoms with van der Waals surface area (Å²) in [6.45, 7) is 2.38. The number of rotatable bonds is 7. The van der Waals surface area contributed by atoms with Crippen molar-refractivity contribution in [1.82, 2.24) is 10.7 Å². The van der Waals surface area contributed by atoms with E-state index in [-0.39, 0.29) is 5.75 Å². The second-order valence-electron chi connectivity index (χ2n) is 5.15. The van der Waals surface area contributed by atoms with E-state index >= 15 is 0 Å². The number of benzene rings is 1. The van der Waals surface area contributed by atoms with Crippen LogP contribution in [0.1, 0.15) is 5.56 Å². The van der Waals surface area contributed by atoms with Crippen molar-refractivity contribution in [1.29, 1.82) is 0 Å². The Morgan fingerprint density at radius 1 is 1.38 bits per heavy atom. The van der Waals surface area contributed by atoms with Gasteiger partial charge in [-0.3, -0.25) is 5.43 Å². The molecule has 0 aromatic heterocycles. The molecule has 1 saturated heterocycles. The van der Waals surface area contributed by atoms with Crippen LogP contribution in [-0.4, -0.2) is 57.3 Å². The van der Waals surface area contributed by atoms with Crippen molar-refractivity contribution in [3.63, 3.8) is 0 Å². The number of hydrogen-bond donors (Lipinski definition) is 3. The predicted octanol–water partition coefficient (Wildman–Crippen LogP) is 0.00110. The number of halogens is 2. The molecule has 132 valence electrons. The van der Waals surface area contributed by atoms with Crippen LogP contribution in [0.2, 0.25) is 0 Å². The Labute approximate surface area is 144 Å². The van der Waals surface area contributed by atoms with Crippen molar-refractivity contribution < 1.29 is 23.2 Å². The molecule has 6 nitrogen and oxygen atoms in total. The van der Waals surface area contributed by atoms with Gasteiger partial charge >= 0.3 is 6.61 Å². The van der Waals surface area contributed by atoms with Gasteiger partial charge in [0.1, 0.15) is 18.8 Å². The Morgan fingerprint density at radius 2 is 2.12 bits per heavy atom. The molecular weight excluding hydrogens is 338 g/mol. The third-order valence-electron chi connectivity index (χ3n) is 3.47. The molecule has 1 aromatic rings. The van der Waals surface area contributed by atoms with Gasteiger partial charge in [0.2, 0.25) is 0 Å². The van der Waals surface area contributed by atoms with Crippen molar-refractivity contribution in [3.05, 3.63) is 29.8 Å². The first kappa shape index (κ1) is 18.5. The molecule has 0 spiro atoms. The summed E-state index contributed by atoms with van der Waals surface area (Å²) in [4.78, 5) is 1.47. The minimum absolute atomic E-state index is 0.0628. The lowest BCUT2D eigenvalue weighted by Gasteiger charge is -2.23. The number of hydrazone groups is 1. The van der Waals surface area contributed by atoms with Crippen LogP contribution in [0.15, 0.2) is 29.4 Å². The summed E-state index contributed by atoms with van der Waals surface area (Å²) in [5.74, 6) is 0.0628. The largest absolute Gasteiger partial charge is 0.434 e. The zero-order valence-electron chi connectivity index (χ0n) is 13.1. The lowest BCUT2D eigenvalue weighted by atomic mass is 10.2. The van der Waals surface area contributed by atoms with Crippen LogP contribution < -0.4 is 20.4 Å². The van der Waals surface area contributed by atoms with Crippen LogP contribution in [0.4, 0.5) is 8.78 Å². The first-order valence-electron chi connectivity index (χ1n) is 7.67. The van der Waals surface area contributed by atoms with Gasteiger partial charge in [0, 0.05) is 5.56 Å². The summed E-state index contributed by atoms with van der Waals surface area (Å²) in [5, 5.41) is 7.38. The molecule has 24 heavy (non-hydrogen) atoms. The highest BCUT2D eigenvalue weighted by atomic mass is 32.1. The third-order valence-corrected chi connectivity index (χ3v) is 3.70. The minimum atomic E-state index is -2.88. The van der Waals surface area contributed by atoms with E-state index in [9.17, 15) is 8.78 Å². The first-order valence-corrected chi connectivity index (χ1v) is 8.08. The van der Waals surface area contributed by atoms with Gasteiger partial charge in [0.15, 0.2) is 5.11 Å². The molecule has 1 fully saturated rings. The quantitative estimate of drug-likeness (QED) is 0.364. The lowest BCUT2D eigenvalue weighted by molar-refractivity contribution is -0.906. The standard InChI is InChI=1S/C15H20F2N4O2S/c16-14(17)23-13-4-2-1-3-12(13)11-19-20-15(24)18-5-6-21-7-9-22-10-8-21/h1-4,11,14H,5-10H2,(H2,18,20,24)/p+1/b19-11-. The zero-order valence-corrected chi connectivity index (χ0v) is 14.0. The van der Waals surface area contributed by atoms with Crippen LogP contribution in [-0.2, 0) is 4.74 Å². The normalized spacial score (nSPS) is 15.6. The van der Waals surface area contributed by atoms with E-state index in [1.807, 2.05) is 0 Å². The van der Waals surface area contributed by atoms with E-state index in [0.29, 0.717) is 10.7 Å². The lowest BCUT2D eigenvalue weighted by Crippen LogP contribution is -3.14. The molecule has 1 aliphatic heterocycles. The number of nitrogens with one attached hydrogen (secondary N) is 3. The summed E-state index contributed by atoms with van der Waals surface area (Å²) in [6.07, 6.45) is 1.39. The van der Waals surface area contributed by atoms with Crippen molar-refractivity contribution in [2.24, 2.45) is 5.10 Å². The van der Waals surface area contributed by atoms with Crippen LogP contribution >= 0.6 is 12.2 Å². The average Bonchev–Trinajstić information content (AvgIpc) is 2.57.